The number of hydrogen-bond donors (Lipinski definition) is 1. The summed E-state index contributed by atoms with van der Waals surface area (Å²) in [7, 11) is 3.57. The molecule has 0 aliphatic carbocycles. The summed E-state index contributed by atoms with van der Waals surface area (Å²) < 4.78 is 30.0. The van der Waals surface area contributed by atoms with Crippen molar-refractivity contribution in [3.8, 4) is 0 Å². The van der Waals surface area contributed by atoms with E-state index in [1.54, 1.807) is 19.0 Å². The molecule has 3 aromatic rings. The molecule has 132 valence electrons. The molecule has 1 N–H and O–H groups in total. The average molecular weight is 381 g/mol. The lowest BCUT2D eigenvalue weighted by atomic mass is 10.0. The molecule has 0 radical (unpaired) electrons. The summed E-state index contributed by atoms with van der Waals surface area (Å²) in [5, 5.41) is 3.19. The zero-order chi connectivity index (χ0) is 18.0. The topological polar surface area (TPSA) is 53.9 Å². The summed E-state index contributed by atoms with van der Waals surface area (Å²) in [6.45, 7) is 0.295. The Morgan fingerprint density at radius 1 is 1.24 bits per heavy atom. The van der Waals surface area contributed by atoms with Crippen LogP contribution in [0.25, 0.3) is 10.3 Å². The number of nitrogens with one attached hydrogen (secondary N) is 1. The highest BCUT2D eigenvalue weighted by atomic mass is 32.2. The van der Waals surface area contributed by atoms with Crippen LogP contribution in [0.3, 0.4) is 0 Å². The molecule has 9 heteroatoms. The van der Waals surface area contributed by atoms with Crippen molar-refractivity contribution in [3.05, 3.63) is 41.7 Å². The van der Waals surface area contributed by atoms with Crippen LogP contribution in [-0.2, 0) is 0 Å². The van der Waals surface area contributed by atoms with E-state index in [0.29, 0.717) is 18.0 Å². The third-order valence-electron chi connectivity index (χ3n) is 3.77. The van der Waals surface area contributed by atoms with E-state index < -0.39 is 17.7 Å². The van der Waals surface area contributed by atoms with Gasteiger partial charge in [0.15, 0.2) is 9.99 Å². The van der Waals surface area contributed by atoms with E-state index >= 15 is 0 Å². The van der Waals surface area contributed by atoms with Gasteiger partial charge in [0.1, 0.15) is 28.5 Å². The third-order valence-corrected chi connectivity index (χ3v) is 5.80. The number of halogens is 2. The summed E-state index contributed by atoms with van der Waals surface area (Å²) >= 11 is 3.03. The van der Waals surface area contributed by atoms with Crippen molar-refractivity contribution in [1.82, 2.24) is 19.9 Å². The van der Waals surface area contributed by atoms with Gasteiger partial charge >= 0.3 is 0 Å². The van der Waals surface area contributed by atoms with Crippen molar-refractivity contribution >= 4 is 39.3 Å². The molecule has 1 atom stereocenters. The normalized spacial score (nSPS) is 12.7. The van der Waals surface area contributed by atoms with E-state index in [0.717, 1.165) is 9.04 Å². The number of nitrogens with zero attached hydrogens (tertiary/aromatic N) is 4. The Kier molecular flexibility index (Phi) is 5.45. The minimum atomic E-state index is -0.559. The molecule has 5 nitrogen and oxygen atoms in total. The summed E-state index contributed by atoms with van der Waals surface area (Å²) in [6, 6.07) is 3.42. The number of thioether (sulfide) groups is 1. The second-order valence-corrected chi connectivity index (χ2v) is 7.61. The van der Waals surface area contributed by atoms with Crippen molar-refractivity contribution in [1.29, 1.82) is 0 Å². The Morgan fingerprint density at radius 3 is 2.60 bits per heavy atom. The monoisotopic (exact) mass is 381 g/mol. The van der Waals surface area contributed by atoms with Gasteiger partial charge < -0.3 is 10.2 Å². The van der Waals surface area contributed by atoms with Gasteiger partial charge in [-0.2, -0.15) is 0 Å². The summed E-state index contributed by atoms with van der Waals surface area (Å²) in [4.78, 5) is 14.6. The fourth-order valence-electron chi connectivity index (χ4n) is 2.51. The van der Waals surface area contributed by atoms with Crippen molar-refractivity contribution < 1.29 is 8.78 Å². The van der Waals surface area contributed by atoms with Crippen LogP contribution in [0.2, 0.25) is 0 Å². The third kappa shape index (κ3) is 3.73. The molecule has 1 aromatic carbocycles. The zero-order valence-electron chi connectivity index (χ0n) is 14.0. The molecule has 0 saturated heterocycles. The lowest BCUT2D eigenvalue weighted by Crippen LogP contribution is -2.28. The Bertz CT molecular complexity index is 864. The number of benzene rings is 1. The molecule has 0 spiro atoms. The standard InChI is InChI=1S/C16H17F2N5S2/c1-23(2)11(12-9(17)5-4-6-10(12)18)7-19-14-13-15(21-8-20-14)22-16(24-3)25-13/h4-6,8,11H,7H2,1-3H3,(H,19,20,21). The first-order valence-electron chi connectivity index (χ1n) is 7.51. The number of fused-ring (bicyclic) bond motifs is 1. The fourth-order valence-corrected chi connectivity index (χ4v) is 3.99. The summed E-state index contributed by atoms with van der Waals surface area (Å²) in [5.74, 6) is -0.502. The number of anilines is 1. The first-order valence-corrected chi connectivity index (χ1v) is 9.55. The van der Waals surface area contributed by atoms with Gasteiger partial charge in [-0.3, -0.25) is 0 Å². The van der Waals surface area contributed by atoms with Gasteiger partial charge in [0.2, 0.25) is 0 Å². The number of rotatable bonds is 6. The molecule has 1 unspecified atom stereocenters. The average Bonchev–Trinajstić information content (AvgIpc) is 3.01. The van der Waals surface area contributed by atoms with Crippen LogP contribution in [0.5, 0.6) is 0 Å². The van der Waals surface area contributed by atoms with Crippen molar-refractivity contribution in [3.63, 3.8) is 0 Å². The molecule has 3 rings (SSSR count). The van der Waals surface area contributed by atoms with Gasteiger partial charge in [-0.25, -0.2) is 23.7 Å². The van der Waals surface area contributed by atoms with E-state index in [9.17, 15) is 8.78 Å². The number of likely N-dealkylation sites (N-methyl/N-ethyl adjacent to an activating group) is 1. The molecule has 2 aromatic heterocycles. The number of aromatic nitrogens is 3. The molecule has 25 heavy (non-hydrogen) atoms. The molecule has 0 aliphatic heterocycles. The highest BCUT2D eigenvalue weighted by Crippen LogP contribution is 2.32. The maximum Gasteiger partial charge on any atom is 0.176 e. The molecule has 0 aliphatic rings. The minimum Gasteiger partial charge on any atom is -0.367 e. The number of thiazole rings is 1. The fraction of sp³-hybridized carbons (Fsp3) is 0.312. The highest BCUT2D eigenvalue weighted by molar-refractivity contribution is 8.00. The minimum absolute atomic E-state index is 0.0411. The Balaban J connectivity index is 1.89. The van der Waals surface area contributed by atoms with Crippen LogP contribution in [0.15, 0.2) is 28.9 Å². The van der Waals surface area contributed by atoms with Crippen LogP contribution in [0.4, 0.5) is 14.6 Å². The molecule has 0 saturated carbocycles. The first-order chi connectivity index (χ1) is 12.0. The summed E-state index contributed by atoms with van der Waals surface area (Å²) in [6.07, 6.45) is 3.38. The van der Waals surface area contributed by atoms with Gasteiger partial charge in [0.05, 0.1) is 6.04 Å². The van der Waals surface area contributed by atoms with Crippen molar-refractivity contribution in [2.45, 2.75) is 10.4 Å². The second kappa shape index (κ2) is 7.59. The molecule has 0 fully saturated rings. The van der Waals surface area contributed by atoms with E-state index in [4.69, 9.17) is 0 Å². The first kappa shape index (κ1) is 18.0. The van der Waals surface area contributed by atoms with Gasteiger partial charge in [-0.05, 0) is 32.5 Å². The predicted octanol–water partition coefficient (Wildman–Crippen LogP) is 3.80. The Labute approximate surface area is 152 Å². The van der Waals surface area contributed by atoms with Crippen molar-refractivity contribution in [2.24, 2.45) is 0 Å². The lowest BCUT2D eigenvalue weighted by Gasteiger charge is -2.26. The van der Waals surface area contributed by atoms with Gasteiger partial charge in [-0.15, -0.1) is 11.3 Å². The second-order valence-electron chi connectivity index (χ2n) is 5.55. The Hall–Kier alpha value is -1.84. The van der Waals surface area contributed by atoms with Crippen molar-refractivity contribution in [2.75, 3.05) is 32.2 Å². The van der Waals surface area contributed by atoms with Crippen LogP contribution in [0, 0.1) is 11.6 Å². The SMILES string of the molecule is CSc1nc2ncnc(NCC(c3c(F)cccc3F)N(C)C)c2s1. The molecular weight excluding hydrogens is 364 g/mol. The quantitative estimate of drug-likeness (QED) is 0.656. The molecular formula is C16H17F2N5S2. The maximum atomic E-state index is 14.2. The highest BCUT2D eigenvalue weighted by Gasteiger charge is 2.22. The molecule has 0 bridgehead atoms. The maximum absolute atomic E-state index is 14.2. The van der Waals surface area contributed by atoms with Crippen LogP contribution in [-0.4, -0.2) is 46.7 Å². The largest absolute Gasteiger partial charge is 0.367 e. The Morgan fingerprint density at radius 2 is 1.96 bits per heavy atom. The van der Waals surface area contributed by atoms with E-state index in [1.807, 2.05) is 6.26 Å². The molecule has 0 amide bonds. The van der Waals surface area contributed by atoms with E-state index in [1.165, 1.54) is 47.6 Å². The predicted molar refractivity (Wildman–Crippen MR) is 98.3 cm³/mol. The van der Waals surface area contributed by atoms with Crippen LogP contribution < -0.4 is 5.32 Å². The van der Waals surface area contributed by atoms with Crippen LogP contribution in [0.1, 0.15) is 11.6 Å². The molecule has 2 heterocycles. The van der Waals surface area contributed by atoms with Crippen LogP contribution >= 0.6 is 23.1 Å². The zero-order valence-corrected chi connectivity index (χ0v) is 15.6. The van der Waals surface area contributed by atoms with Gasteiger partial charge in [-0.1, -0.05) is 17.8 Å². The summed E-state index contributed by atoms with van der Waals surface area (Å²) in [5.41, 5.74) is 0.657. The van der Waals surface area contributed by atoms with E-state index in [2.05, 4.69) is 20.3 Å². The van der Waals surface area contributed by atoms with Gasteiger partial charge in [0.25, 0.3) is 0 Å². The van der Waals surface area contributed by atoms with Gasteiger partial charge in [0, 0.05) is 12.1 Å². The number of hydrogen-bond acceptors (Lipinski definition) is 7. The lowest BCUT2D eigenvalue weighted by molar-refractivity contribution is 0.295. The van der Waals surface area contributed by atoms with E-state index in [-0.39, 0.29) is 5.56 Å². The smallest absolute Gasteiger partial charge is 0.176 e.